The topological polar surface area (TPSA) is 54.4 Å². The van der Waals surface area contributed by atoms with E-state index in [2.05, 4.69) is 15.9 Å². The van der Waals surface area contributed by atoms with Crippen molar-refractivity contribution in [3.05, 3.63) is 0 Å². The van der Waals surface area contributed by atoms with E-state index in [9.17, 15) is 8.42 Å². The summed E-state index contributed by atoms with van der Waals surface area (Å²) in [5, 5.41) is 0.604. The van der Waals surface area contributed by atoms with Gasteiger partial charge in [0.25, 0.3) is 10.1 Å². The van der Waals surface area contributed by atoms with Crippen LogP contribution >= 0.6 is 15.9 Å². The van der Waals surface area contributed by atoms with Crippen molar-refractivity contribution < 1.29 is 44.0 Å². The summed E-state index contributed by atoms with van der Waals surface area (Å²) in [6.45, 7) is 0. The van der Waals surface area contributed by atoms with Gasteiger partial charge in [-0.25, -0.2) is 0 Å². The van der Waals surface area contributed by atoms with E-state index < -0.39 is 10.1 Å². The predicted octanol–water partition coefficient (Wildman–Crippen LogP) is -2.22. The molecule has 0 rings (SSSR count). The average molecular weight is 227 g/mol. The molecule has 0 unspecified atom stereocenters. The van der Waals surface area contributed by atoms with Gasteiger partial charge in [-0.05, 0) is 6.42 Å². The molecule has 1 N–H and O–H groups in total. The molecule has 0 spiro atoms. The Morgan fingerprint density at radius 3 is 2.11 bits per heavy atom. The maximum atomic E-state index is 9.92. The molecule has 0 atom stereocenters. The number of halogens is 1. The quantitative estimate of drug-likeness (QED) is 0.337. The summed E-state index contributed by atoms with van der Waals surface area (Å²) in [6.07, 6.45) is 0.457. The Morgan fingerprint density at radius 1 is 1.56 bits per heavy atom. The molecule has 0 aliphatic carbocycles. The normalized spacial score (nSPS) is 10.4. The third kappa shape index (κ3) is 12.6. The zero-order valence-corrected chi connectivity index (χ0v) is 9.57. The molecule has 6 heteroatoms. The van der Waals surface area contributed by atoms with E-state index in [1.165, 1.54) is 0 Å². The molecule has 0 saturated heterocycles. The fourth-order valence-electron chi connectivity index (χ4n) is 0.237. The van der Waals surface area contributed by atoms with Gasteiger partial charge in [-0.2, -0.15) is 8.42 Å². The first kappa shape index (κ1) is 13.0. The molecular weight excluding hydrogens is 219 g/mol. The van der Waals surface area contributed by atoms with Crippen molar-refractivity contribution in [1.29, 1.82) is 0 Å². The Kier molecular flexibility index (Phi) is 8.85. The number of alkyl halides is 1. The van der Waals surface area contributed by atoms with E-state index in [1.807, 2.05) is 0 Å². The van der Waals surface area contributed by atoms with Crippen molar-refractivity contribution in [2.24, 2.45) is 0 Å². The van der Waals surface area contributed by atoms with Gasteiger partial charge in [0.2, 0.25) is 0 Å². The molecular formula is C3H8BrNaO3S. The van der Waals surface area contributed by atoms with Crippen LogP contribution in [0, 0.1) is 0 Å². The maximum Gasteiger partial charge on any atom is 1.00 e. The van der Waals surface area contributed by atoms with Crippen LogP contribution in [0.5, 0.6) is 0 Å². The number of rotatable bonds is 3. The van der Waals surface area contributed by atoms with Gasteiger partial charge in [0, 0.05) is 5.33 Å². The van der Waals surface area contributed by atoms with Gasteiger partial charge >= 0.3 is 29.6 Å². The molecule has 52 valence electrons. The van der Waals surface area contributed by atoms with E-state index in [0.717, 1.165) is 0 Å². The monoisotopic (exact) mass is 226 g/mol. The van der Waals surface area contributed by atoms with Gasteiger partial charge in [0.05, 0.1) is 5.75 Å². The summed E-state index contributed by atoms with van der Waals surface area (Å²) in [5.74, 6) is -0.155. The zero-order valence-electron chi connectivity index (χ0n) is 6.17. The molecule has 0 aliphatic heterocycles. The van der Waals surface area contributed by atoms with Gasteiger partial charge < -0.3 is 1.43 Å². The standard InChI is InChI=1S/C3H7BrO3S.Na.H/c4-2-1-3-8(5,6)7;;/h1-3H2,(H,5,6,7);;/q;+1;-1. The van der Waals surface area contributed by atoms with E-state index >= 15 is 0 Å². The van der Waals surface area contributed by atoms with Crippen molar-refractivity contribution >= 4 is 26.0 Å². The smallest absolute Gasteiger partial charge is 1.00 e. The second kappa shape index (κ2) is 6.12. The van der Waals surface area contributed by atoms with Crippen LogP contribution in [0.2, 0.25) is 0 Å². The van der Waals surface area contributed by atoms with E-state index in [-0.39, 0.29) is 36.7 Å². The van der Waals surface area contributed by atoms with Crippen molar-refractivity contribution in [1.82, 2.24) is 0 Å². The minimum atomic E-state index is -3.72. The fourth-order valence-corrected chi connectivity index (χ4v) is 1.40. The van der Waals surface area contributed by atoms with E-state index in [4.69, 9.17) is 4.55 Å². The van der Waals surface area contributed by atoms with Gasteiger partial charge in [-0.3, -0.25) is 4.55 Å². The molecule has 0 heterocycles. The summed E-state index contributed by atoms with van der Waals surface area (Å²) in [6, 6.07) is 0. The molecule has 0 saturated carbocycles. The molecule has 0 aromatic carbocycles. The second-order valence-corrected chi connectivity index (χ2v) is 3.69. The Hall–Kier alpha value is 1.39. The van der Waals surface area contributed by atoms with Gasteiger partial charge in [-0.15, -0.1) is 0 Å². The molecule has 0 bridgehead atoms. The first-order chi connectivity index (χ1) is 3.56. The Morgan fingerprint density at radius 2 is 2.00 bits per heavy atom. The van der Waals surface area contributed by atoms with Gasteiger partial charge in [-0.1, -0.05) is 15.9 Å². The van der Waals surface area contributed by atoms with Crippen molar-refractivity contribution in [2.45, 2.75) is 6.42 Å². The van der Waals surface area contributed by atoms with Crippen molar-refractivity contribution in [3.63, 3.8) is 0 Å². The summed E-state index contributed by atoms with van der Waals surface area (Å²) in [4.78, 5) is 0. The first-order valence-electron chi connectivity index (χ1n) is 2.07. The first-order valence-corrected chi connectivity index (χ1v) is 4.80. The van der Waals surface area contributed by atoms with Gasteiger partial charge in [0.15, 0.2) is 0 Å². The molecule has 0 fully saturated rings. The largest absolute Gasteiger partial charge is 1.00 e. The molecule has 0 radical (unpaired) electrons. The second-order valence-electron chi connectivity index (χ2n) is 1.33. The molecule has 0 aromatic rings. The number of hydrogen-bond acceptors (Lipinski definition) is 2. The zero-order chi connectivity index (χ0) is 6.62. The maximum absolute atomic E-state index is 9.92. The molecule has 0 aliphatic rings. The van der Waals surface area contributed by atoms with Crippen LogP contribution in [0.1, 0.15) is 7.85 Å². The summed E-state index contributed by atoms with van der Waals surface area (Å²) in [5.41, 5.74) is 0. The minimum Gasteiger partial charge on any atom is -1.00 e. The summed E-state index contributed by atoms with van der Waals surface area (Å²) >= 11 is 3.03. The van der Waals surface area contributed by atoms with E-state index in [0.29, 0.717) is 11.8 Å². The van der Waals surface area contributed by atoms with Crippen LogP contribution in [0.15, 0.2) is 0 Å². The molecule has 3 nitrogen and oxygen atoms in total. The Labute approximate surface area is 86.9 Å². The predicted molar refractivity (Wildman–Crippen MR) is 35.9 cm³/mol. The summed E-state index contributed by atoms with van der Waals surface area (Å²) < 4.78 is 27.9. The van der Waals surface area contributed by atoms with Crippen molar-refractivity contribution in [2.75, 3.05) is 11.1 Å². The number of hydrogen-bond donors (Lipinski definition) is 1. The van der Waals surface area contributed by atoms with Crippen molar-refractivity contribution in [3.8, 4) is 0 Å². The molecule has 0 aromatic heterocycles. The van der Waals surface area contributed by atoms with Crippen LogP contribution in [-0.4, -0.2) is 24.1 Å². The molecule has 0 amide bonds. The van der Waals surface area contributed by atoms with Crippen LogP contribution in [0.3, 0.4) is 0 Å². The Balaban J connectivity index is -0.000000245. The average Bonchev–Trinajstić information content (AvgIpc) is 1.59. The fraction of sp³-hybridized carbons (Fsp3) is 1.00. The Bertz CT molecular complexity index is 148. The van der Waals surface area contributed by atoms with Crippen LogP contribution in [0.25, 0.3) is 0 Å². The minimum absolute atomic E-state index is 0. The molecule has 9 heavy (non-hydrogen) atoms. The SMILES string of the molecule is O=S(=O)(O)CCCBr.[H-].[Na+]. The third-order valence-electron chi connectivity index (χ3n) is 0.536. The van der Waals surface area contributed by atoms with E-state index in [1.54, 1.807) is 0 Å². The van der Waals surface area contributed by atoms with Crippen LogP contribution in [0.4, 0.5) is 0 Å². The summed E-state index contributed by atoms with van der Waals surface area (Å²) in [7, 11) is -3.72. The van der Waals surface area contributed by atoms with Gasteiger partial charge in [0.1, 0.15) is 0 Å². The van der Waals surface area contributed by atoms with Crippen LogP contribution < -0.4 is 29.6 Å². The van der Waals surface area contributed by atoms with Crippen LogP contribution in [-0.2, 0) is 10.1 Å². The third-order valence-corrected chi connectivity index (χ3v) is 1.90.